The molecule has 1 fully saturated rings. The first-order valence-corrected chi connectivity index (χ1v) is 11.2. The van der Waals surface area contributed by atoms with Gasteiger partial charge in [-0.15, -0.1) is 0 Å². The SMILES string of the molecule is COc1ccc(N2CCN(C(=O)c3ccc(Sc4ccc(F)cc4)c([N+](=O)[O-])c3)CC2)cc1. The Bertz CT molecular complexity index is 1150. The van der Waals surface area contributed by atoms with Gasteiger partial charge >= 0.3 is 0 Å². The van der Waals surface area contributed by atoms with E-state index < -0.39 is 4.92 Å². The van der Waals surface area contributed by atoms with E-state index in [4.69, 9.17) is 4.74 Å². The number of nitro benzene ring substituents is 1. The summed E-state index contributed by atoms with van der Waals surface area (Å²) in [6.07, 6.45) is 0. The lowest BCUT2D eigenvalue weighted by molar-refractivity contribution is -0.387. The molecule has 170 valence electrons. The van der Waals surface area contributed by atoms with Crippen molar-refractivity contribution < 1.29 is 18.8 Å². The van der Waals surface area contributed by atoms with E-state index >= 15 is 0 Å². The van der Waals surface area contributed by atoms with Crippen molar-refractivity contribution in [2.45, 2.75) is 9.79 Å². The zero-order chi connectivity index (χ0) is 23.4. The number of ether oxygens (including phenoxy) is 1. The molecule has 33 heavy (non-hydrogen) atoms. The van der Waals surface area contributed by atoms with Crippen LogP contribution >= 0.6 is 11.8 Å². The Hall–Kier alpha value is -3.59. The molecule has 1 aliphatic rings. The van der Waals surface area contributed by atoms with Crippen LogP contribution in [0.4, 0.5) is 15.8 Å². The van der Waals surface area contributed by atoms with Crippen molar-refractivity contribution in [2.75, 3.05) is 38.2 Å². The average Bonchev–Trinajstić information content (AvgIpc) is 2.85. The van der Waals surface area contributed by atoms with Crippen LogP contribution in [0.5, 0.6) is 5.75 Å². The Balaban J connectivity index is 1.45. The third-order valence-corrected chi connectivity index (χ3v) is 6.52. The Morgan fingerprint density at radius 1 is 1.00 bits per heavy atom. The van der Waals surface area contributed by atoms with Crippen LogP contribution in [-0.2, 0) is 0 Å². The van der Waals surface area contributed by atoms with Gasteiger partial charge in [-0.1, -0.05) is 11.8 Å². The van der Waals surface area contributed by atoms with E-state index in [1.807, 2.05) is 24.3 Å². The first-order valence-electron chi connectivity index (χ1n) is 10.3. The van der Waals surface area contributed by atoms with Crippen LogP contribution in [0.3, 0.4) is 0 Å². The number of halogens is 1. The number of methoxy groups -OCH3 is 1. The summed E-state index contributed by atoms with van der Waals surface area (Å²) in [5, 5.41) is 11.7. The van der Waals surface area contributed by atoms with Gasteiger partial charge in [-0.25, -0.2) is 4.39 Å². The normalized spacial score (nSPS) is 13.6. The smallest absolute Gasteiger partial charge is 0.284 e. The molecule has 1 saturated heterocycles. The lowest BCUT2D eigenvalue weighted by Crippen LogP contribution is -2.48. The molecule has 0 atom stereocenters. The van der Waals surface area contributed by atoms with Crippen LogP contribution in [0.25, 0.3) is 0 Å². The number of anilines is 1. The first-order chi connectivity index (χ1) is 15.9. The molecule has 3 aromatic rings. The molecular formula is C24H22FN3O4S. The van der Waals surface area contributed by atoms with Gasteiger partial charge in [0.15, 0.2) is 0 Å². The summed E-state index contributed by atoms with van der Waals surface area (Å²) in [5.41, 5.74) is 1.19. The Labute approximate surface area is 194 Å². The fraction of sp³-hybridized carbons (Fsp3) is 0.208. The zero-order valence-electron chi connectivity index (χ0n) is 17.9. The van der Waals surface area contributed by atoms with Crippen LogP contribution < -0.4 is 9.64 Å². The molecule has 1 heterocycles. The highest BCUT2D eigenvalue weighted by Crippen LogP contribution is 2.35. The second kappa shape index (κ2) is 9.91. The molecule has 3 aromatic carbocycles. The third-order valence-electron chi connectivity index (χ3n) is 5.45. The topological polar surface area (TPSA) is 75.9 Å². The lowest BCUT2D eigenvalue weighted by Gasteiger charge is -2.36. The number of nitrogens with zero attached hydrogens (tertiary/aromatic N) is 3. The maximum absolute atomic E-state index is 13.1. The molecule has 0 aromatic heterocycles. The minimum absolute atomic E-state index is 0.146. The van der Waals surface area contributed by atoms with Gasteiger partial charge in [0.1, 0.15) is 11.6 Å². The van der Waals surface area contributed by atoms with Crippen molar-refractivity contribution in [3.63, 3.8) is 0 Å². The molecule has 0 bridgehead atoms. The molecule has 0 aliphatic carbocycles. The van der Waals surface area contributed by atoms with Gasteiger partial charge in [0, 0.05) is 48.4 Å². The summed E-state index contributed by atoms with van der Waals surface area (Å²) in [7, 11) is 1.62. The van der Waals surface area contributed by atoms with Crippen LogP contribution in [0, 0.1) is 15.9 Å². The number of nitro groups is 1. The number of rotatable bonds is 6. The second-order valence-corrected chi connectivity index (χ2v) is 8.59. The highest BCUT2D eigenvalue weighted by atomic mass is 32.2. The van der Waals surface area contributed by atoms with Crippen molar-refractivity contribution in [1.29, 1.82) is 0 Å². The third kappa shape index (κ3) is 5.25. The van der Waals surface area contributed by atoms with E-state index in [2.05, 4.69) is 4.90 Å². The monoisotopic (exact) mass is 467 g/mol. The first kappa shape index (κ1) is 22.6. The van der Waals surface area contributed by atoms with Gasteiger partial charge in [-0.05, 0) is 60.7 Å². The largest absolute Gasteiger partial charge is 0.497 e. The number of amides is 1. The van der Waals surface area contributed by atoms with E-state index in [1.165, 1.54) is 18.2 Å². The van der Waals surface area contributed by atoms with Crippen LogP contribution in [0.1, 0.15) is 10.4 Å². The highest BCUT2D eigenvalue weighted by Gasteiger charge is 2.25. The van der Waals surface area contributed by atoms with E-state index in [0.29, 0.717) is 36.0 Å². The predicted molar refractivity (Wildman–Crippen MR) is 125 cm³/mol. The minimum atomic E-state index is -0.496. The van der Waals surface area contributed by atoms with E-state index in [1.54, 1.807) is 36.3 Å². The molecule has 4 rings (SSSR count). The van der Waals surface area contributed by atoms with Crippen molar-refractivity contribution in [1.82, 2.24) is 4.90 Å². The lowest BCUT2D eigenvalue weighted by atomic mass is 10.1. The molecule has 0 radical (unpaired) electrons. The molecular weight excluding hydrogens is 445 g/mol. The van der Waals surface area contributed by atoms with Crippen LogP contribution in [0.2, 0.25) is 0 Å². The van der Waals surface area contributed by atoms with Crippen molar-refractivity contribution >= 4 is 29.0 Å². The Morgan fingerprint density at radius 3 is 2.27 bits per heavy atom. The summed E-state index contributed by atoms with van der Waals surface area (Å²) < 4.78 is 18.3. The van der Waals surface area contributed by atoms with Crippen molar-refractivity contribution in [3.05, 3.63) is 88.2 Å². The molecule has 9 heteroatoms. The van der Waals surface area contributed by atoms with Gasteiger partial charge < -0.3 is 14.5 Å². The Kier molecular flexibility index (Phi) is 6.79. The molecule has 0 N–H and O–H groups in total. The second-order valence-electron chi connectivity index (χ2n) is 7.47. The quantitative estimate of drug-likeness (QED) is 0.381. The number of carbonyl (C=O) groups is 1. The van der Waals surface area contributed by atoms with E-state index in [-0.39, 0.29) is 23.0 Å². The van der Waals surface area contributed by atoms with E-state index in [0.717, 1.165) is 23.2 Å². The minimum Gasteiger partial charge on any atom is -0.497 e. The number of piperazine rings is 1. The van der Waals surface area contributed by atoms with Crippen molar-refractivity contribution in [3.8, 4) is 5.75 Å². The highest BCUT2D eigenvalue weighted by molar-refractivity contribution is 7.99. The number of carbonyl (C=O) groups excluding carboxylic acids is 1. The molecule has 1 amide bonds. The van der Waals surface area contributed by atoms with Crippen LogP contribution in [-0.4, -0.2) is 49.0 Å². The molecule has 0 unspecified atom stereocenters. The standard InChI is InChI=1S/C24H22FN3O4S/c1-32-20-7-5-19(6-8-20)26-12-14-27(15-13-26)24(29)17-2-11-23(22(16-17)28(30)31)33-21-9-3-18(25)4-10-21/h2-11,16H,12-15H2,1H3. The van der Waals surface area contributed by atoms with Crippen LogP contribution in [0.15, 0.2) is 76.5 Å². The number of hydrogen-bond acceptors (Lipinski definition) is 6. The predicted octanol–water partition coefficient (Wildman–Crippen LogP) is 4.86. The summed E-state index contributed by atoms with van der Waals surface area (Å²) in [4.78, 5) is 29.2. The van der Waals surface area contributed by atoms with Gasteiger partial charge in [0.2, 0.25) is 0 Å². The van der Waals surface area contributed by atoms with Gasteiger partial charge in [0.25, 0.3) is 11.6 Å². The molecule has 0 saturated carbocycles. The van der Waals surface area contributed by atoms with Gasteiger partial charge in [-0.3, -0.25) is 14.9 Å². The maximum Gasteiger partial charge on any atom is 0.284 e. The van der Waals surface area contributed by atoms with Gasteiger partial charge in [-0.2, -0.15) is 0 Å². The van der Waals surface area contributed by atoms with Gasteiger partial charge in [0.05, 0.1) is 16.9 Å². The summed E-state index contributed by atoms with van der Waals surface area (Å²) >= 11 is 1.16. The fourth-order valence-electron chi connectivity index (χ4n) is 3.65. The number of benzene rings is 3. The molecule has 0 spiro atoms. The zero-order valence-corrected chi connectivity index (χ0v) is 18.8. The average molecular weight is 468 g/mol. The summed E-state index contributed by atoms with van der Waals surface area (Å²) in [5.74, 6) is 0.183. The number of hydrogen-bond donors (Lipinski definition) is 0. The summed E-state index contributed by atoms with van der Waals surface area (Å²) in [6.45, 7) is 2.37. The van der Waals surface area contributed by atoms with E-state index in [9.17, 15) is 19.3 Å². The maximum atomic E-state index is 13.1. The molecule has 7 nitrogen and oxygen atoms in total. The fourth-order valence-corrected chi connectivity index (χ4v) is 4.55. The van der Waals surface area contributed by atoms with Crippen molar-refractivity contribution in [2.24, 2.45) is 0 Å². The summed E-state index contributed by atoms with van der Waals surface area (Å²) in [6, 6.07) is 18.0. The molecule has 1 aliphatic heterocycles. The Morgan fingerprint density at radius 2 is 1.67 bits per heavy atom.